The van der Waals surface area contributed by atoms with Crippen LogP contribution in [0.1, 0.15) is 40.7 Å². The van der Waals surface area contributed by atoms with Crippen LogP contribution in [0.3, 0.4) is 0 Å². The lowest BCUT2D eigenvalue weighted by Crippen LogP contribution is -2.13. The zero-order valence-corrected chi connectivity index (χ0v) is 16.7. The van der Waals surface area contributed by atoms with Gasteiger partial charge >= 0.3 is 0 Å². The Morgan fingerprint density at radius 2 is 1.88 bits per heavy atom. The molecule has 0 bridgehead atoms. The number of thiazole rings is 1. The summed E-state index contributed by atoms with van der Waals surface area (Å²) < 4.78 is 1.01. The SMILES string of the molecule is Cc1nc(-c2ccc(C(=O)Nc3ccc(Br)cc3C(C)C)cc2)cs1. The molecule has 3 nitrogen and oxygen atoms in total. The van der Waals surface area contributed by atoms with E-state index in [9.17, 15) is 4.79 Å². The third-order valence-corrected chi connectivity index (χ3v) is 5.21. The zero-order valence-electron chi connectivity index (χ0n) is 14.3. The molecule has 3 aromatic rings. The van der Waals surface area contributed by atoms with Crippen LogP contribution in [-0.4, -0.2) is 10.9 Å². The van der Waals surface area contributed by atoms with Crippen molar-refractivity contribution in [2.45, 2.75) is 26.7 Å². The summed E-state index contributed by atoms with van der Waals surface area (Å²) in [5, 5.41) is 6.09. The predicted octanol–water partition coefficient (Wildman–Crippen LogP) is 6.26. The molecule has 0 fully saturated rings. The lowest BCUT2D eigenvalue weighted by molar-refractivity contribution is 0.102. The summed E-state index contributed by atoms with van der Waals surface area (Å²) in [5.74, 6) is 0.216. The summed E-state index contributed by atoms with van der Waals surface area (Å²) in [6, 6.07) is 13.5. The fourth-order valence-corrected chi connectivity index (χ4v) is 3.61. The number of carbonyl (C=O) groups is 1. The minimum Gasteiger partial charge on any atom is -0.322 e. The molecule has 1 heterocycles. The summed E-state index contributed by atoms with van der Waals surface area (Å²) in [5.41, 5.74) is 4.56. The van der Waals surface area contributed by atoms with Gasteiger partial charge in [0.25, 0.3) is 5.91 Å². The van der Waals surface area contributed by atoms with Crippen LogP contribution in [-0.2, 0) is 0 Å². The molecule has 0 atom stereocenters. The standard InChI is InChI=1S/C20H19BrN2OS/c1-12(2)17-10-16(21)8-9-18(17)23-20(24)15-6-4-14(5-7-15)19-11-25-13(3)22-19/h4-12H,1-3H3,(H,23,24). The van der Waals surface area contributed by atoms with Gasteiger partial charge in [-0.15, -0.1) is 11.3 Å². The average Bonchev–Trinajstić information content (AvgIpc) is 3.03. The number of rotatable bonds is 4. The minimum absolute atomic E-state index is 0.106. The Morgan fingerprint density at radius 1 is 1.16 bits per heavy atom. The molecule has 0 radical (unpaired) electrons. The van der Waals surface area contributed by atoms with E-state index in [1.165, 1.54) is 0 Å². The largest absolute Gasteiger partial charge is 0.322 e. The molecular weight excluding hydrogens is 396 g/mol. The van der Waals surface area contributed by atoms with E-state index in [0.717, 1.165) is 32.0 Å². The molecule has 0 spiro atoms. The number of hydrogen-bond acceptors (Lipinski definition) is 3. The molecule has 2 aromatic carbocycles. The monoisotopic (exact) mass is 414 g/mol. The van der Waals surface area contributed by atoms with E-state index in [4.69, 9.17) is 0 Å². The number of halogens is 1. The van der Waals surface area contributed by atoms with Crippen molar-refractivity contribution < 1.29 is 4.79 Å². The average molecular weight is 415 g/mol. The second kappa shape index (κ2) is 7.50. The van der Waals surface area contributed by atoms with Crippen LogP contribution in [0.15, 0.2) is 52.3 Å². The zero-order chi connectivity index (χ0) is 18.0. The number of nitrogens with zero attached hydrogens (tertiary/aromatic N) is 1. The smallest absolute Gasteiger partial charge is 0.255 e. The van der Waals surface area contributed by atoms with E-state index in [2.05, 4.69) is 40.1 Å². The number of aromatic nitrogens is 1. The van der Waals surface area contributed by atoms with Gasteiger partial charge in [0.1, 0.15) is 0 Å². The van der Waals surface area contributed by atoms with Gasteiger partial charge in [0, 0.05) is 26.7 Å². The van der Waals surface area contributed by atoms with Crippen molar-refractivity contribution in [2.24, 2.45) is 0 Å². The molecule has 1 amide bonds. The first-order valence-electron chi connectivity index (χ1n) is 8.07. The van der Waals surface area contributed by atoms with Crippen LogP contribution >= 0.6 is 27.3 Å². The highest BCUT2D eigenvalue weighted by molar-refractivity contribution is 9.10. The number of hydrogen-bond donors (Lipinski definition) is 1. The van der Waals surface area contributed by atoms with Gasteiger partial charge in [0.05, 0.1) is 10.7 Å². The van der Waals surface area contributed by atoms with Gasteiger partial charge < -0.3 is 5.32 Å². The molecule has 3 rings (SSSR count). The fraction of sp³-hybridized carbons (Fsp3) is 0.200. The van der Waals surface area contributed by atoms with Crippen molar-refractivity contribution in [1.29, 1.82) is 0 Å². The molecule has 5 heteroatoms. The van der Waals surface area contributed by atoms with Gasteiger partial charge in [-0.3, -0.25) is 4.79 Å². The Kier molecular flexibility index (Phi) is 5.35. The van der Waals surface area contributed by atoms with Crippen LogP contribution in [0.25, 0.3) is 11.3 Å². The highest BCUT2D eigenvalue weighted by Crippen LogP contribution is 2.28. The van der Waals surface area contributed by atoms with Crippen LogP contribution < -0.4 is 5.32 Å². The van der Waals surface area contributed by atoms with Crippen LogP contribution in [0, 0.1) is 6.92 Å². The Balaban J connectivity index is 1.80. The first kappa shape index (κ1) is 17.8. The topological polar surface area (TPSA) is 42.0 Å². The molecule has 1 N–H and O–H groups in total. The Morgan fingerprint density at radius 3 is 2.48 bits per heavy atom. The lowest BCUT2D eigenvalue weighted by Gasteiger charge is -2.14. The third-order valence-electron chi connectivity index (χ3n) is 3.95. The summed E-state index contributed by atoms with van der Waals surface area (Å²) in [6.45, 7) is 6.21. The van der Waals surface area contributed by atoms with E-state index in [1.54, 1.807) is 11.3 Å². The highest BCUT2D eigenvalue weighted by atomic mass is 79.9. The molecule has 0 saturated carbocycles. The number of nitrogens with one attached hydrogen (secondary N) is 1. The molecule has 1 aromatic heterocycles. The summed E-state index contributed by atoms with van der Waals surface area (Å²) >= 11 is 5.11. The van der Waals surface area contributed by atoms with Gasteiger partial charge in [0.15, 0.2) is 0 Å². The molecule has 128 valence electrons. The van der Waals surface area contributed by atoms with Crippen molar-refractivity contribution >= 4 is 38.9 Å². The Labute approximate surface area is 160 Å². The van der Waals surface area contributed by atoms with Gasteiger partial charge in [-0.25, -0.2) is 4.98 Å². The number of amides is 1. The summed E-state index contributed by atoms with van der Waals surface area (Å²) in [7, 11) is 0. The molecule has 0 aliphatic carbocycles. The van der Waals surface area contributed by atoms with Crippen LogP contribution in [0.5, 0.6) is 0 Å². The molecule has 25 heavy (non-hydrogen) atoms. The maximum absolute atomic E-state index is 12.6. The highest BCUT2D eigenvalue weighted by Gasteiger charge is 2.12. The number of anilines is 1. The van der Waals surface area contributed by atoms with E-state index < -0.39 is 0 Å². The van der Waals surface area contributed by atoms with Gasteiger partial charge in [-0.2, -0.15) is 0 Å². The molecule has 0 aliphatic rings. The van der Waals surface area contributed by atoms with Gasteiger partial charge in [-0.1, -0.05) is 41.9 Å². The predicted molar refractivity (Wildman–Crippen MR) is 108 cm³/mol. The molecule has 0 aliphatic heterocycles. The molecule has 0 unspecified atom stereocenters. The lowest BCUT2D eigenvalue weighted by atomic mass is 10.0. The van der Waals surface area contributed by atoms with Gasteiger partial charge in [-0.05, 0) is 48.7 Å². The van der Waals surface area contributed by atoms with E-state index in [1.807, 2.05) is 54.8 Å². The maximum Gasteiger partial charge on any atom is 0.255 e. The van der Waals surface area contributed by atoms with Crippen molar-refractivity contribution in [3.63, 3.8) is 0 Å². The number of benzene rings is 2. The maximum atomic E-state index is 12.6. The van der Waals surface area contributed by atoms with E-state index in [0.29, 0.717) is 11.5 Å². The van der Waals surface area contributed by atoms with Crippen molar-refractivity contribution in [2.75, 3.05) is 5.32 Å². The van der Waals surface area contributed by atoms with Crippen molar-refractivity contribution in [3.05, 3.63) is 68.5 Å². The van der Waals surface area contributed by atoms with Crippen LogP contribution in [0.4, 0.5) is 5.69 Å². The van der Waals surface area contributed by atoms with Crippen molar-refractivity contribution in [3.8, 4) is 11.3 Å². The summed E-state index contributed by atoms with van der Waals surface area (Å²) in [6.07, 6.45) is 0. The first-order chi connectivity index (χ1) is 11.9. The Bertz CT molecular complexity index is 900. The molecule has 0 saturated heterocycles. The minimum atomic E-state index is -0.106. The summed E-state index contributed by atoms with van der Waals surface area (Å²) in [4.78, 5) is 17.1. The first-order valence-corrected chi connectivity index (χ1v) is 9.74. The number of carbonyl (C=O) groups excluding carboxylic acids is 1. The second-order valence-electron chi connectivity index (χ2n) is 6.17. The van der Waals surface area contributed by atoms with E-state index >= 15 is 0 Å². The quantitative estimate of drug-likeness (QED) is 0.547. The van der Waals surface area contributed by atoms with Crippen LogP contribution in [0.2, 0.25) is 0 Å². The molecular formula is C20H19BrN2OS. The second-order valence-corrected chi connectivity index (χ2v) is 8.15. The fourth-order valence-electron chi connectivity index (χ4n) is 2.61. The third kappa shape index (κ3) is 4.17. The van der Waals surface area contributed by atoms with Gasteiger partial charge in [0.2, 0.25) is 0 Å². The number of aryl methyl sites for hydroxylation is 1. The Hall–Kier alpha value is -1.98. The van der Waals surface area contributed by atoms with Crippen molar-refractivity contribution in [1.82, 2.24) is 4.98 Å². The normalized spacial score (nSPS) is 10.9. The van der Waals surface area contributed by atoms with E-state index in [-0.39, 0.29) is 5.91 Å².